The summed E-state index contributed by atoms with van der Waals surface area (Å²) in [4.78, 5) is 142. The molecule has 0 aliphatic carbocycles. The first-order chi connectivity index (χ1) is 37.0. The third kappa shape index (κ3) is 21.5. The van der Waals surface area contributed by atoms with Crippen molar-refractivity contribution < 1.29 is 68.4 Å². The fourth-order valence-electron chi connectivity index (χ4n) is 8.31. The highest BCUT2D eigenvalue weighted by Gasteiger charge is 2.39. The van der Waals surface area contributed by atoms with Gasteiger partial charge in [-0.1, -0.05) is 46.2 Å². The van der Waals surface area contributed by atoms with Gasteiger partial charge in [-0.3, -0.25) is 43.2 Å². The number of unbranched alkanes of at least 4 members (excludes halogenated alkanes) is 1. The molecule has 434 valence electrons. The van der Waals surface area contributed by atoms with Gasteiger partial charge in [0.2, 0.25) is 53.2 Å². The van der Waals surface area contributed by atoms with Gasteiger partial charge >= 0.3 is 5.97 Å². The van der Waals surface area contributed by atoms with Crippen molar-refractivity contribution in [1.29, 1.82) is 0 Å². The first kappa shape index (κ1) is 65.4. The molecule has 3 rings (SSSR count). The predicted octanol–water partition coefficient (Wildman–Crippen LogP) is -3.62. The van der Waals surface area contributed by atoms with E-state index in [4.69, 9.17) is 11.5 Å². The number of phenols is 1. The Labute approximate surface area is 457 Å². The van der Waals surface area contributed by atoms with Crippen LogP contribution in [0.1, 0.15) is 83.9 Å². The number of carbonyl (C=O) groups excluding carboxylic acids is 9. The number of nitrogens with one attached hydrogen (secondary N) is 9. The topological polar surface area (TPSA) is 432 Å². The summed E-state index contributed by atoms with van der Waals surface area (Å²) >= 11 is 1.37. The monoisotopic (exact) mass is 1120 g/mol. The van der Waals surface area contributed by atoms with E-state index in [-0.39, 0.29) is 50.3 Å². The summed E-state index contributed by atoms with van der Waals surface area (Å²) in [7, 11) is 0. The molecular formula is C50H79N13O14S. The Bertz CT molecular complexity index is 2310. The lowest BCUT2D eigenvalue weighted by molar-refractivity contribution is -0.142. The molecule has 78 heavy (non-hydrogen) atoms. The zero-order valence-corrected chi connectivity index (χ0v) is 45.6. The number of hydrogen-bond acceptors (Lipinski definition) is 17. The number of hydrogen-bond donors (Lipinski definition) is 15. The van der Waals surface area contributed by atoms with Crippen molar-refractivity contribution in [1.82, 2.24) is 57.4 Å². The smallest absolute Gasteiger partial charge is 0.326 e. The molecule has 1 aliphatic heterocycles. The molecule has 0 radical (unpaired) electrons. The Kier molecular flexibility index (Phi) is 28.0. The Morgan fingerprint density at radius 2 is 1.33 bits per heavy atom. The molecule has 1 saturated heterocycles. The van der Waals surface area contributed by atoms with Gasteiger partial charge in [-0.15, -0.1) is 0 Å². The summed E-state index contributed by atoms with van der Waals surface area (Å²) in [6, 6.07) is -6.03. The minimum absolute atomic E-state index is 0.00136. The summed E-state index contributed by atoms with van der Waals surface area (Å²) < 4.78 is 0. The second-order valence-corrected chi connectivity index (χ2v) is 20.7. The van der Waals surface area contributed by atoms with Crippen LogP contribution in [0.15, 0.2) is 36.8 Å². The van der Waals surface area contributed by atoms with Gasteiger partial charge in [0.05, 0.1) is 32.1 Å². The second-order valence-electron chi connectivity index (χ2n) is 19.7. The van der Waals surface area contributed by atoms with Crippen LogP contribution in [-0.2, 0) is 60.8 Å². The molecule has 17 N–H and O–H groups in total. The Morgan fingerprint density at radius 1 is 0.744 bits per heavy atom. The molecule has 2 aromatic rings. The number of nitrogens with two attached hydrogens (primary N) is 2. The van der Waals surface area contributed by atoms with E-state index in [0.29, 0.717) is 49.2 Å². The van der Waals surface area contributed by atoms with Crippen molar-refractivity contribution in [3.05, 3.63) is 48.0 Å². The number of carbonyl (C=O) groups is 10. The Morgan fingerprint density at radius 3 is 1.92 bits per heavy atom. The third-order valence-corrected chi connectivity index (χ3v) is 13.3. The summed E-state index contributed by atoms with van der Waals surface area (Å²) in [5, 5.41) is 60.0. The molecule has 0 unspecified atom stereocenters. The molecule has 28 heteroatoms. The average molecular weight is 1120 g/mol. The van der Waals surface area contributed by atoms with Crippen LogP contribution in [-0.4, -0.2) is 194 Å². The van der Waals surface area contributed by atoms with Crippen molar-refractivity contribution in [2.45, 2.75) is 140 Å². The highest BCUT2D eigenvalue weighted by molar-refractivity contribution is 7.98. The normalized spacial score (nSPS) is 16.3. The average Bonchev–Trinajstić information content (AvgIpc) is 4.12. The van der Waals surface area contributed by atoms with Crippen LogP contribution in [0.2, 0.25) is 0 Å². The van der Waals surface area contributed by atoms with E-state index in [2.05, 4.69) is 52.5 Å². The van der Waals surface area contributed by atoms with Crippen LogP contribution in [0.4, 0.5) is 0 Å². The molecule has 0 saturated carbocycles. The minimum Gasteiger partial charge on any atom is -0.508 e. The second kappa shape index (κ2) is 33.4. The highest BCUT2D eigenvalue weighted by Crippen LogP contribution is 2.20. The van der Waals surface area contributed by atoms with Crippen molar-refractivity contribution in [3.8, 4) is 5.75 Å². The van der Waals surface area contributed by atoms with Crippen molar-refractivity contribution >= 4 is 70.9 Å². The van der Waals surface area contributed by atoms with E-state index < -0.39 is 139 Å². The largest absolute Gasteiger partial charge is 0.508 e. The van der Waals surface area contributed by atoms with Crippen LogP contribution >= 0.6 is 11.8 Å². The standard InChI is InChI=1S/C50H79N13O14S/c1-27(2)19-34(58-45(71)37(24-64)61-47(73)39-10-8-17-63(39)49(75)32(52)9-6-7-16-51)43(69)60-38(25-65)46(72)62-41(28(3)4)48(74)54-23-40(67)56-35(20-29-11-13-31(66)14-12-29)44(70)57-33(15-18-78-5)42(68)59-36(50(76)77)21-30-22-53-26-55-30/h11-14,22,26-28,32-39,41,64-66H,6-10,15-21,23-25,51-52H2,1-5H3,(H,53,55)(H,54,74)(H,56,67)(H,57,70)(H,58,71)(H,59,68)(H,60,69)(H,61,73)(H,62,72)(H,76,77)/t32-,33-,34-,35-,36-,37-,38-,39-,41-/m0/s1. The van der Waals surface area contributed by atoms with E-state index in [1.165, 1.54) is 53.5 Å². The maximum atomic E-state index is 13.9. The van der Waals surface area contributed by atoms with Crippen molar-refractivity contribution in [2.75, 3.05) is 44.9 Å². The van der Waals surface area contributed by atoms with Crippen LogP contribution in [0.3, 0.4) is 0 Å². The quantitative estimate of drug-likeness (QED) is 0.0301. The number of phenolic OH excluding ortho intramolecular Hbond substituents is 1. The zero-order chi connectivity index (χ0) is 58.1. The number of carboxylic acids is 1. The number of aliphatic hydroxyl groups is 2. The summed E-state index contributed by atoms with van der Waals surface area (Å²) in [5.41, 5.74) is 12.6. The third-order valence-electron chi connectivity index (χ3n) is 12.6. The van der Waals surface area contributed by atoms with Crippen molar-refractivity contribution in [2.24, 2.45) is 23.3 Å². The van der Waals surface area contributed by atoms with Crippen LogP contribution < -0.4 is 54.0 Å². The number of amides is 9. The lowest BCUT2D eigenvalue weighted by Crippen LogP contribution is -2.61. The fourth-order valence-corrected chi connectivity index (χ4v) is 8.78. The number of aliphatic carboxylic acids is 1. The zero-order valence-electron chi connectivity index (χ0n) is 44.8. The fraction of sp³-hybridized carbons (Fsp3) is 0.620. The van der Waals surface area contributed by atoms with Gasteiger partial charge in [0, 0.05) is 31.3 Å². The molecule has 0 spiro atoms. The maximum absolute atomic E-state index is 13.9. The summed E-state index contributed by atoms with van der Waals surface area (Å²) in [6.07, 6.45) is 6.77. The van der Waals surface area contributed by atoms with E-state index in [9.17, 15) is 68.4 Å². The number of carboxylic acid groups (broad SMARTS) is 1. The maximum Gasteiger partial charge on any atom is 0.326 e. The highest BCUT2D eigenvalue weighted by atomic mass is 32.2. The number of nitrogens with zero attached hydrogens (tertiary/aromatic N) is 2. The number of aromatic nitrogens is 2. The molecule has 9 atom stereocenters. The molecule has 2 heterocycles. The predicted molar refractivity (Wildman–Crippen MR) is 285 cm³/mol. The summed E-state index contributed by atoms with van der Waals surface area (Å²) in [5.74, 6) is -9.32. The molecule has 1 aliphatic rings. The number of likely N-dealkylation sites (tertiary alicyclic amines) is 1. The Balaban J connectivity index is 1.68. The number of aliphatic hydroxyl groups excluding tert-OH is 2. The van der Waals surface area contributed by atoms with Gasteiger partial charge < -0.3 is 84.3 Å². The van der Waals surface area contributed by atoms with Gasteiger partial charge in [-0.2, -0.15) is 11.8 Å². The lowest BCUT2D eigenvalue weighted by atomic mass is 10.0. The van der Waals surface area contributed by atoms with Gasteiger partial charge in [0.1, 0.15) is 54.1 Å². The van der Waals surface area contributed by atoms with Gasteiger partial charge in [0.25, 0.3) is 0 Å². The SMILES string of the molecule is CSCC[C@H](NC(=O)[C@H](Cc1ccc(O)cc1)NC(=O)CNC(=O)[C@@H](NC(=O)[C@H](CO)NC(=O)[C@H](CC(C)C)NC(=O)[C@H](CO)NC(=O)[C@@H]1CCCN1C(=O)[C@@H](N)CCCCN)C(C)C)C(=O)N[C@@H](Cc1cnc[nH]1)C(=O)O. The molecule has 1 fully saturated rings. The first-order valence-electron chi connectivity index (χ1n) is 25.9. The van der Waals surface area contributed by atoms with Crippen LogP contribution in [0, 0.1) is 11.8 Å². The van der Waals surface area contributed by atoms with Crippen molar-refractivity contribution in [3.63, 3.8) is 0 Å². The number of benzene rings is 1. The number of aromatic amines is 1. The van der Waals surface area contributed by atoms with Crippen LogP contribution in [0.25, 0.3) is 0 Å². The van der Waals surface area contributed by atoms with Crippen LogP contribution in [0.5, 0.6) is 5.75 Å². The van der Waals surface area contributed by atoms with E-state index >= 15 is 0 Å². The number of thioether (sulfide) groups is 1. The first-order valence-corrected chi connectivity index (χ1v) is 27.3. The van der Waals surface area contributed by atoms with E-state index in [1.54, 1.807) is 34.0 Å². The minimum atomic E-state index is -1.67. The van der Waals surface area contributed by atoms with Gasteiger partial charge in [-0.05, 0) is 86.6 Å². The Hall–Kier alpha value is -6.88. The number of rotatable bonds is 34. The molecule has 0 bridgehead atoms. The lowest BCUT2D eigenvalue weighted by Gasteiger charge is -2.29. The van der Waals surface area contributed by atoms with E-state index in [1.807, 2.05) is 0 Å². The molecule has 1 aromatic heterocycles. The number of aromatic hydroxyl groups is 1. The molecule has 1 aromatic carbocycles. The molecular weight excluding hydrogens is 1040 g/mol. The number of H-pyrrole nitrogens is 1. The molecule has 27 nitrogen and oxygen atoms in total. The van der Waals surface area contributed by atoms with Gasteiger partial charge in [0.15, 0.2) is 0 Å². The van der Waals surface area contributed by atoms with E-state index in [0.717, 1.165) is 0 Å². The number of imidazole rings is 1. The van der Waals surface area contributed by atoms with Gasteiger partial charge in [-0.25, -0.2) is 9.78 Å². The molecule has 9 amide bonds. The summed E-state index contributed by atoms with van der Waals surface area (Å²) in [6.45, 7) is 4.76.